The van der Waals surface area contributed by atoms with Crippen LogP contribution in [0.4, 0.5) is 0 Å². The Hall–Kier alpha value is -1.85. The van der Waals surface area contributed by atoms with Crippen LogP contribution in [0.1, 0.15) is 11.6 Å². The maximum absolute atomic E-state index is 11.5. The van der Waals surface area contributed by atoms with Crippen LogP contribution < -0.4 is 15.8 Å². The number of ether oxygens (including phenoxy) is 1. The number of carbonyl (C=O) groups excluding carboxylic acids is 1. The van der Waals surface area contributed by atoms with Gasteiger partial charge in [-0.3, -0.25) is 10.1 Å². The quantitative estimate of drug-likeness (QED) is 0.756. The lowest BCUT2D eigenvalue weighted by Gasteiger charge is -2.16. The van der Waals surface area contributed by atoms with E-state index in [9.17, 15) is 4.79 Å². The molecule has 110 valence electrons. The van der Waals surface area contributed by atoms with Gasteiger partial charge in [0, 0.05) is 6.54 Å². The lowest BCUT2D eigenvalue weighted by molar-refractivity contribution is -0.120. The highest BCUT2D eigenvalue weighted by atomic mass is 79.9. The first-order valence-electron chi connectivity index (χ1n) is 6.63. The van der Waals surface area contributed by atoms with Crippen LogP contribution in [0.3, 0.4) is 0 Å². The van der Waals surface area contributed by atoms with E-state index < -0.39 is 11.9 Å². The zero-order valence-corrected chi connectivity index (χ0v) is 13.0. The minimum Gasteiger partial charge on any atom is -0.491 e. The zero-order chi connectivity index (χ0) is 15.1. The Morgan fingerprint density at radius 3 is 2.48 bits per heavy atom. The van der Waals surface area contributed by atoms with Crippen LogP contribution in [-0.4, -0.2) is 19.1 Å². The summed E-state index contributed by atoms with van der Waals surface area (Å²) in [6.45, 7) is 0.961. The minimum atomic E-state index is -0.506. The van der Waals surface area contributed by atoms with Gasteiger partial charge in [-0.25, -0.2) is 0 Å². The maximum atomic E-state index is 11.5. The molecule has 0 heterocycles. The summed E-state index contributed by atoms with van der Waals surface area (Å²) in [6.07, 6.45) is 0. The highest BCUT2D eigenvalue weighted by molar-refractivity contribution is 9.10. The highest BCUT2D eigenvalue weighted by Gasteiger charge is 2.16. The second-order valence-corrected chi connectivity index (χ2v) is 5.33. The normalized spacial score (nSPS) is 11.9. The van der Waals surface area contributed by atoms with Gasteiger partial charge in [-0.2, -0.15) is 0 Å². The van der Waals surface area contributed by atoms with Gasteiger partial charge in [0.2, 0.25) is 5.91 Å². The molecule has 2 aromatic rings. The molecular weight excluding hydrogens is 332 g/mol. The number of benzene rings is 2. The van der Waals surface area contributed by atoms with Gasteiger partial charge in [0.1, 0.15) is 18.4 Å². The van der Waals surface area contributed by atoms with Gasteiger partial charge in [-0.05, 0) is 33.6 Å². The first-order chi connectivity index (χ1) is 10.2. The van der Waals surface area contributed by atoms with Gasteiger partial charge in [0.15, 0.2) is 0 Å². The van der Waals surface area contributed by atoms with Gasteiger partial charge in [-0.15, -0.1) is 0 Å². The summed E-state index contributed by atoms with van der Waals surface area (Å²) in [4.78, 5) is 11.5. The standard InChI is InChI=1S/C16H17BrN2O2/c17-13-8-4-5-9-14(13)21-11-10-19-15(16(18)20)12-6-2-1-3-7-12/h1-9,15,19H,10-11H2,(H2,18,20)/t15-/m0/s1. The first-order valence-corrected chi connectivity index (χ1v) is 7.43. The third-order valence-corrected chi connectivity index (χ3v) is 3.62. The molecule has 2 aromatic carbocycles. The highest BCUT2D eigenvalue weighted by Crippen LogP contribution is 2.23. The van der Waals surface area contributed by atoms with E-state index in [2.05, 4.69) is 21.2 Å². The van der Waals surface area contributed by atoms with E-state index in [1.165, 1.54) is 0 Å². The Balaban J connectivity index is 1.86. The molecule has 0 aliphatic carbocycles. The van der Waals surface area contributed by atoms with E-state index >= 15 is 0 Å². The number of nitrogens with one attached hydrogen (secondary N) is 1. The van der Waals surface area contributed by atoms with Crippen molar-refractivity contribution in [1.82, 2.24) is 5.32 Å². The molecular formula is C16H17BrN2O2. The van der Waals surface area contributed by atoms with Crippen molar-refractivity contribution in [2.45, 2.75) is 6.04 Å². The molecule has 21 heavy (non-hydrogen) atoms. The number of amides is 1. The molecule has 0 fully saturated rings. The molecule has 0 saturated carbocycles. The van der Waals surface area contributed by atoms with Gasteiger partial charge in [0.25, 0.3) is 0 Å². The fourth-order valence-corrected chi connectivity index (χ4v) is 2.35. The lowest BCUT2D eigenvalue weighted by atomic mass is 10.1. The van der Waals surface area contributed by atoms with E-state index in [-0.39, 0.29) is 0 Å². The van der Waals surface area contributed by atoms with Crippen LogP contribution in [0.2, 0.25) is 0 Å². The number of carbonyl (C=O) groups is 1. The largest absolute Gasteiger partial charge is 0.491 e. The van der Waals surface area contributed by atoms with Crippen molar-refractivity contribution in [3.05, 3.63) is 64.6 Å². The Kier molecular flexibility index (Phi) is 5.78. The van der Waals surface area contributed by atoms with E-state index in [0.29, 0.717) is 13.2 Å². The number of halogens is 1. The molecule has 1 amide bonds. The van der Waals surface area contributed by atoms with Gasteiger partial charge < -0.3 is 10.5 Å². The summed E-state index contributed by atoms with van der Waals surface area (Å²) in [5, 5.41) is 3.11. The summed E-state index contributed by atoms with van der Waals surface area (Å²) in [6, 6.07) is 16.5. The van der Waals surface area contributed by atoms with Crippen LogP contribution in [0.15, 0.2) is 59.1 Å². The van der Waals surface area contributed by atoms with Crippen molar-refractivity contribution < 1.29 is 9.53 Å². The Bertz CT molecular complexity index is 590. The smallest absolute Gasteiger partial charge is 0.239 e. The Morgan fingerprint density at radius 2 is 1.81 bits per heavy atom. The average Bonchev–Trinajstić information content (AvgIpc) is 2.49. The van der Waals surface area contributed by atoms with Crippen LogP contribution in [-0.2, 0) is 4.79 Å². The molecule has 0 aliphatic heterocycles. The molecule has 0 radical (unpaired) electrons. The average molecular weight is 349 g/mol. The minimum absolute atomic E-state index is 0.401. The molecule has 1 atom stereocenters. The summed E-state index contributed by atoms with van der Waals surface area (Å²) in [5.41, 5.74) is 6.29. The van der Waals surface area contributed by atoms with Crippen molar-refractivity contribution in [1.29, 1.82) is 0 Å². The maximum Gasteiger partial charge on any atom is 0.239 e. The second kappa shape index (κ2) is 7.81. The molecule has 4 nitrogen and oxygen atoms in total. The van der Waals surface area contributed by atoms with E-state index in [0.717, 1.165) is 15.8 Å². The number of nitrogens with two attached hydrogens (primary N) is 1. The number of primary amides is 1. The summed E-state index contributed by atoms with van der Waals surface area (Å²) >= 11 is 3.42. The van der Waals surface area contributed by atoms with E-state index in [1.54, 1.807) is 0 Å². The predicted molar refractivity (Wildman–Crippen MR) is 86.0 cm³/mol. The topological polar surface area (TPSA) is 64.4 Å². The fraction of sp³-hybridized carbons (Fsp3) is 0.188. The number of hydrogen-bond donors (Lipinski definition) is 2. The lowest BCUT2D eigenvalue weighted by Crippen LogP contribution is -2.35. The fourth-order valence-electron chi connectivity index (χ4n) is 1.95. The third-order valence-electron chi connectivity index (χ3n) is 2.96. The van der Waals surface area contributed by atoms with Crippen LogP contribution >= 0.6 is 15.9 Å². The van der Waals surface area contributed by atoms with Crippen molar-refractivity contribution >= 4 is 21.8 Å². The van der Waals surface area contributed by atoms with E-state index in [4.69, 9.17) is 10.5 Å². The van der Waals surface area contributed by atoms with Crippen LogP contribution in [0, 0.1) is 0 Å². The number of para-hydroxylation sites is 1. The molecule has 3 N–H and O–H groups in total. The summed E-state index contributed by atoms with van der Waals surface area (Å²) in [7, 11) is 0. The predicted octanol–water partition coefficient (Wildman–Crippen LogP) is 2.64. The Labute approximate surface area is 132 Å². The first kappa shape index (κ1) is 15.5. The van der Waals surface area contributed by atoms with Crippen LogP contribution in [0.25, 0.3) is 0 Å². The van der Waals surface area contributed by atoms with Crippen molar-refractivity contribution in [2.75, 3.05) is 13.2 Å². The van der Waals surface area contributed by atoms with Crippen molar-refractivity contribution in [3.8, 4) is 5.75 Å². The monoisotopic (exact) mass is 348 g/mol. The molecule has 0 unspecified atom stereocenters. The molecule has 5 heteroatoms. The molecule has 2 rings (SSSR count). The third kappa shape index (κ3) is 4.58. The molecule has 0 aromatic heterocycles. The number of hydrogen-bond acceptors (Lipinski definition) is 3. The summed E-state index contributed by atoms with van der Waals surface area (Å²) in [5.74, 6) is 0.372. The second-order valence-electron chi connectivity index (χ2n) is 4.48. The van der Waals surface area contributed by atoms with Gasteiger partial charge >= 0.3 is 0 Å². The van der Waals surface area contributed by atoms with Gasteiger partial charge in [0.05, 0.1) is 4.47 Å². The molecule has 0 bridgehead atoms. The molecule has 0 spiro atoms. The Morgan fingerprint density at radius 1 is 1.14 bits per heavy atom. The van der Waals surface area contributed by atoms with Crippen molar-refractivity contribution in [2.24, 2.45) is 5.73 Å². The zero-order valence-electron chi connectivity index (χ0n) is 11.5. The molecule has 0 aliphatic rings. The van der Waals surface area contributed by atoms with Crippen LogP contribution in [0.5, 0.6) is 5.75 Å². The number of rotatable bonds is 7. The van der Waals surface area contributed by atoms with Gasteiger partial charge in [-0.1, -0.05) is 42.5 Å². The van der Waals surface area contributed by atoms with E-state index in [1.807, 2.05) is 54.6 Å². The summed E-state index contributed by atoms with van der Waals surface area (Å²) < 4.78 is 6.54. The van der Waals surface area contributed by atoms with Crippen molar-refractivity contribution in [3.63, 3.8) is 0 Å². The SMILES string of the molecule is NC(=O)[C@@H](NCCOc1ccccc1Br)c1ccccc1. The molecule has 0 saturated heterocycles.